The highest BCUT2D eigenvalue weighted by Crippen LogP contribution is 2.29. The molecule has 1 aromatic carbocycles. The van der Waals surface area contributed by atoms with Gasteiger partial charge in [-0.15, -0.1) is 0 Å². The van der Waals surface area contributed by atoms with E-state index in [1.54, 1.807) is 6.92 Å². The van der Waals surface area contributed by atoms with Crippen molar-refractivity contribution in [3.05, 3.63) is 47.2 Å². The minimum atomic E-state index is -4.47. The second kappa shape index (κ2) is 6.73. The fraction of sp³-hybridized carbons (Fsp3) is 0.267. The first-order valence-electron chi connectivity index (χ1n) is 6.89. The predicted molar refractivity (Wildman–Crippen MR) is 78.2 cm³/mol. The van der Waals surface area contributed by atoms with Crippen LogP contribution in [0, 0.1) is 6.92 Å². The monoisotopic (exact) mass is 341 g/mol. The van der Waals surface area contributed by atoms with Crippen molar-refractivity contribution >= 4 is 17.6 Å². The second-order valence-electron chi connectivity index (χ2n) is 5.08. The molecule has 2 aromatic rings. The second-order valence-corrected chi connectivity index (χ2v) is 5.08. The number of nitrogens with one attached hydrogen (secondary N) is 2. The van der Waals surface area contributed by atoms with E-state index in [9.17, 15) is 22.8 Å². The van der Waals surface area contributed by atoms with Crippen molar-refractivity contribution in [3.63, 3.8) is 0 Å². The summed E-state index contributed by atoms with van der Waals surface area (Å²) < 4.78 is 42.2. The van der Waals surface area contributed by atoms with Crippen molar-refractivity contribution in [2.45, 2.75) is 26.1 Å². The van der Waals surface area contributed by atoms with Crippen LogP contribution in [0.2, 0.25) is 0 Å². The van der Waals surface area contributed by atoms with Crippen LogP contribution in [0.5, 0.6) is 0 Å². The molecule has 0 saturated heterocycles. The Morgan fingerprint density at radius 3 is 2.33 bits per heavy atom. The number of benzene rings is 1. The van der Waals surface area contributed by atoms with Gasteiger partial charge in [-0.05, 0) is 38.1 Å². The molecule has 0 aliphatic heterocycles. The molecular formula is C15H14F3N3O3. The number of halogens is 3. The van der Waals surface area contributed by atoms with E-state index in [4.69, 9.17) is 4.52 Å². The van der Waals surface area contributed by atoms with Crippen molar-refractivity contribution in [1.29, 1.82) is 0 Å². The molecule has 0 saturated carbocycles. The zero-order valence-electron chi connectivity index (χ0n) is 12.8. The summed E-state index contributed by atoms with van der Waals surface area (Å²) in [5.41, 5.74) is -0.842. The van der Waals surface area contributed by atoms with Gasteiger partial charge in [0, 0.05) is 11.6 Å². The number of carbonyl (C=O) groups is 2. The molecule has 2 N–H and O–H groups in total. The third kappa shape index (κ3) is 4.34. The Kier molecular flexibility index (Phi) is 4.91. The lowest BCUT2D eigenvalue weighted by Crippen LogP contribution is -2.41. The van der Waals surface area contributed by atoms with Crippen LogP contribution in [0.4, 0.5) is 19.0 Å². The lowest BCUT2D eigenvalue weighted by atomic mass is 10.1. The van der Waals surface area contributed by atoms with Gasteiger partial charge in [0.2, 0.25) is 5.91 Å². The number of hydrogen-bond donors (Lipinski definition) is 2. The first kappa shape index (κ1) is 17.5. The summed E-state index contributed by atoms with van der Waals surface area (Å²) in [6, 6.07) is 4.28. The normalized spacial score (nSPS) is 12.5. The maximum absolute atomic E-state index is 12.5. The molecule has 0 unspecified atom stereocenters. The number of carbonyl (C=O) groups excluding carboxylic acids is 2. The van der Waals surface area contributed by atoms with Gasteiger partial charge in [0.1, 0.15) is 11.8 Å². The van der Waals surface area contributed by atoms with E-state index in [-0.39, 0.29) is 11.4 Å². The zero-order valence-corrected chi connectivity index (χ0v) is 12.8. The van der Waals surface area contributed by atoms with Gasteiger partial charge in [-0.1, -0.05) is 5.16 Å². The lowest BCUT2D eigenvalue weighted by Gasteiger charge is -2.13. The average molecular weight is 341 g/mol. The molecule has 128 valence electrons. The van der Waals surface area contributed by atoms with Crippen molar-refractivity contribution in [2.75, 3.05) is 5.32 Å². The van der Waals surface area contributed by atoms with Gasteiger partial charge in [0.15, 0.2) is 5.82 Å². The van der Waals surface area contributed by atoms with E-state index < -0.39 is 29.6 Å². The number of aromatic nitrogens is 1. The largest absolute Gasteiger partial charge is 0.416 e. The molecule has 0 fully saturated rings. The number of rotatable bonds is 4. The Morgan fingerprint density at radius 1 is 1.21 bits per heavy atom. The van der Waals surface area contributed by atoms with Gasteiger partial charge in [-0.3, -0.25) is 9.59 Å². The van der Waals surface area contributed by atoms with Crippen molar-refractivity contribution in [3.8, 4) is 0 Å². The summed E-state index contributed by atoms with van der Waals surface area (Å²) in [5, 5.41) is 8.41. The van der Waals surface area contributed by atoms with Crippen LogP contribution in [-0.4, -0.2) is 23.0 Å². The molecule has 2 rings (SSSR count). The van der Waals surface area contributed by atoms with E-state index in [0.717, 1.165) is 24.3 Å². The molecule has 1 aromatic heterocycles. The Labute approximate surface area is 135 Å². The molecule has 2 amide bonds. The third-order valence-electron chi connectivity index (χ3n) is 3.09. The maximum Gasteiger partial charge on any atom is 0.416 e. The fourth-order valence-corrected chi connectivity index (χ4v) is 1.82. The molecule has 0 aliphatic rings. The Hall–Kier alpha value is -2.84. The standard InChI is InChI=1S/C15H14F3N3O3/c1-8-7-12(21-24-8)20-13(22)9(2)19-14(23)10-3-5-11(6-4-10)15(16,17)18/h3-7,9H,1-2H3,(H,19,23)(H,20,21,22)/t9-/m0/s1. The minimum absolute atomic E-state index is 0.0138. The highest BCUT2D eigenvalue weighted by molar-refractivity contribution is 6.00. The molecule has 6 nitrogen and oxygen atoms in total. The predicted octanol–water partition coefficient (Wildman–Crippen LogP) is 2.76. The summed E-state index contributed by atoms with van der Waals surface area (Å²) in [6.07, 6.45) is -4.47. The van der Waals surface area contributed by atoms with E-state index in [0.29, 0.717) is 5.76 Å². The van der Waals surface area contributed by atoms with Gasteiger partial charge in [-0.25, -0.2) is 0 Å². The first-order valence-corrected chi connectivity index (χ1v) is 6.89. The molecule has 24 heavy (non-hydrogen) atoms. The summed E-state index contributed by atoms with van der Waals surface area (Å²) in [6.45, 7) is 3.09. The number of alkyl halides is 3. The van der Waals surface area contributed by atoms with Crippen molar-refractivity contribution in [2.24, 2.45) is 0 Å². The highest BCUT2D eigenvalue weighted by atomic mass is 19.4. The molecule has 1 atom stereocenters. The van der Waals surface area contributed by atoms with Gasteiger partial charge in [-0.2, -0.15) is 13.2 Å². The minimum Gasteiger partial charge on any atom is -0.360 e. The van der Waals surface area contributed by atoms with Gasteiger partial charge >= 0.3 is 6.18 Å². The highest BCUT2D eigenvalue weighted by Gasteiger charge is 2.30. The van der Waals surface area contributed by atoms with Crippen LogP contribution in [0.25, 0.3) is 0 Å². The summed E-state index contributed by atoms with van der Waals surface area (Å²) in [7, 11) is 0. The van der Waals surface area contributed by atoms with Gasteiger partial charge in [0.25, 0.3) is 5.91 Å². The van der Waals surface area contributed by atoms with E-state index in [2.05, 4.69) is 15.8 Å². The van der Waals surface area contributed by atoms with Crippen LogP contribution in [-0.2, 0) is 11.0 Å². The van der Waals surface area contributed by atoms with Crippen LogP contribution >= 0.6 is 0 Å². The number of nitrogens with zero attached hydrogens (tertiary/aromatic N) is 1. The molecular weight excluding hydrogens is 327 g/mol. The quantitative estimate of drug-likeness (QED) is 0.896. The molecule has 1 heterocycles. The third-order valence-corrected chi connectivity index (χ3v) is 3.09. The van der Waals surface area contributed by atoms with Crippen LogP contribution < -0.4 is 10.6 Å². The molecule has 0 spiro atoms. The van der Waals surface area contributed by atoms with E-state index >= 15 is 0 Å². The van der Waals surface area contributed by atoms with Crippen LogP contribution in [0.1, 0.15) is 28.6 Å². The summed E-state index contributed by atoms with van der Waals surface area (Å²) in [5.74, 6) is -0.494. The van der Waals surface area contributed by atoms with Crippen molar-refractivity contribution < 1.29 is 27.3 Å². The summed E-state index contributed by atoms with van der Waals surface area (Å²) in [4.78, 5) is 23.9. The molecule has 0 aliphatic carbocycles. The average Bonchev–Trinajstić information content (AvgIpc) is 2.91. The fourth-order valence-electron chi connectivity index (χ4n) is 1.82. The van der Waals surface area contributed by atoms with E-state index in [1.807, 2.05) is 0 Å². The Morgan fingerprint density at radius 2 is 1.83 bits per heavy atom. The van der Waals surface area contributed by atoms with Gasteiger partial charge in [0.05, 0.1) is 5.56 Å². The Balaban J connectivity index is 1.96. The molecule has 0 radical (unpaired) electrons. The molecule has 9 heteroatoms. The molecule has 0 bridgehead atoms. The topological polar surface area (TPSA) is 84.2 Å². The Bertz CT molecular complexity index is 738. The smallest absolute Gasteiger partial charge is 0.360 e. The number of amides is 2. The van der Waals surface area contributed by atoms with Crippen LogP contribution in [0.15, 0.2) is 34.9 Å². The lowest BCUT2D eigenvalue weighted by molar-refractivity contribution is -0.137. The van der Waals surface area contributed by atoms with Gasteiger partial charge < -0.3 is 15.2 Å². The van der Waals surface area contributed by atoms with E-state index in [1.165, 1.54) is 13.0 Å². The first-order chi connectivity index (χ1) is 11.2. The zero-order chi connectivity index (χ0) is 17.9. The van der Waals surface area contributed by atoms with Crippen LogP contribution in [0.3, 0.4) is 0 Å². The number of anilines is 1. The number of aryl methyl sites for hydroxylation is 1. The maximum atomic E-state index is 12.5. The van der Waals surface area contributed by atoms with Crippen molar-refractivity contribution in [1.82, 2.24) is 10.5 Å². The number of hydrogen-bond acceptors (Lipinski definition) is 4. The SMILES string of the molecule is Cc1cc(NC(=O)[C@H](C)NC(=O)c2ccc(C(F)(F)F)cc2)no1. The summed E-state index contributed by atoms with van der Waals surface area (Å²) >= 11 is 0.